The number of rotatable bonds is 4. The minimum atomic E-state index is -0.540. The van der Waals surface area contributed by atoms with Crippen molar-refractivity contribution in [2.75, 3.05) is 7.11 Å². The van der Waals surface area contributed by atoms with E-state index in [1.165, 1.54) is 25.3 Å². The molecule has 1 aromatic carbocycles. The molecule has 1 aromatic rings. The van der Waals surface area contributed by atoms with Crippen molar-refractivity contribution in [1.29, 1.82) is 0 Å². The summed E-state index contributed by atoms with van der Waals surface area (Å²) in [5.74, 6) is 5.45. The molecule has 1 rings (SSSR count). The van der Waals surface area contributed by atoms with Gasteiger partial charge in [-0.15, -0.1) is 0 Å². The van der Waals surface area contributed by atoms with Gasteiger partial charge in [-0.05, 0) is 17.9 Å². The normalized spacial score (nSPS) is 9.68. The highest BCUT2D eigenvalue weighted by Gasteiger charge is 2.15. The number of hydrogen-bond acceptors (Lipinski definition) is 4. The van der Waals surface area contributed by atoms with Crippen LogP contribution in [0.15, 0.2) is 18.2 Å². The van der Waals surface area contributed by atoms with Crippen LogP contribution < -0.4 is 4.74 Å². The molecule has 0 aliphatic heterocycles. The van der Waals surface area contributed by atoms with Gasteiger partial charge in [-0.3, -0.25) is 14.9 Å². The SMILES string of the molecule is COc1cc([N+](=O)[O-])ccc1C(=O)C#CCC(C)C. The lowest BCUT2D eigenvalue weighted by molar-refractivity contribution is -0.384. The number of carbonyl (C=O) groups excluding carboxylic acids is 1. The van der Waals surface area contributed by atoms with E-state index >= 15 is 0 Å². The number of hydrogen-bond donors (Lipinski definition) is 0. The molecular formula is C14H15NO4. The summed E-state index contributed by atoms with van der Waals surface area (Å²) < 4.78 is 4.99. The first kappa shape index (κ1) is 14.7. The molecule has 5 heteroatoms. The summed E-state index contributed by atoms with van der Waals surface area (Å²) >= 11 is 0. The molecule has 0 spiro atoms. The van der Waals surface area contributed by atoms with Gasteiger partial charge in [-0.25, -0.2) is 0 Å². The maximum atomic E-state index is 11.9. The maximum Gasteiger partial charge on any atom is 0.273 e. The van der Waals surface area contributed by atoms with E-state index in [1.54, 1.807) is 0 Å². The number of carbonyl (C=O) groups is 1. The number of Topliss-reactive ketones (excluding diaryl/α,β-unsaturated/α-hetero) is 1. The van der Waals surface area contributed by atoms with Crippen molar-refractivity contribution in [2.45, 2.75) is 20.3 Å². The molecule has 0 N–H and O–H groups in total. The molecule has 5 nitrogen and oxygen atoms in total. The number of methoxy groups -OCH3 is 1. The van der Waals surface area contributed by atoms with Crippen molar-refractivity contribution in [3.05, 3.63) is 33.9 Å². The fourth-order valence-electron chi connectivity index (χ4n) is 1.38. The molecule has 0 bridgehead atoms. The number of ketones is 1. The van der Waals surface area contributed by atoms with Crippen LogP contribution in [0, 0.1) is 27.9 Å². The molecule has 0 saturated carbocycles. The van der Waals surface area contributed by atoms with Gasteiger partial charge in [0, 0.05) is 12.5 Å². The largest absolute Gasteiger partial charge is 0.496 e. The summed E-state index contributed by atoms with van der Waals surface area (Å²) in [6, 6.07) is 3.85. The van der Waals surface area contributed by atoms with E-state index < -0.39 is 10.7 Å². The lowest BCUT2D eigenvalue weighted by Gasteiger charge is -2.04. The third-order valence-electron chi connectivity index (χ3n) is 2.35. The number of ether oxygens (including phenoxy) is 1. The fourth-order valence-corrected chi connectivity index (χ4v) is 1.38. The molecule has 0 radical (unpaired) electrons. The van der Waals surface area contributed by atoms with Crippen molar-refractivity contribution in [1.82, 2.24) is 0 Å². The van der Waals surface area contributed by atoms with Crippen LogP contribution in [0.25, 0.3) is 0 Å². The van der Waals surface area contributed by atoms with Crippen LogP contribution >= 0.6 is 0 Å². The van der Waals surface area contributed by atoms with E-state index in [0.717, 1.165) is 0 Å². The van der Waals surface area contributed by atoms with E-state index in [-0.39, 0.29) is 17.0 Å². The molecule has 0 fully saturated rings. The smallest absolute Gasteiger partial charge is 0.273 e. The first-order valence-corrected chi connectivity index (χ1v) is 5.81. The van der Waals surface area contributed by atoms with Crippen LogP contribution in [-0.4, -0.2) is 17.8 Å². The van der Waals surface area contributed by atoms with Crippen molar-refractivity contribution in [3.63, 3.8) is 0 Å². The number of nitrogens with zero attached hydrogens (tertiary/aromatic N) is 1. The highest BCUT2D eigenvalue weighted by Crippen LogP contribution is 2.24. The molecule has 0 aliphatic carbocycles. The number of nitro benzene ring substituents is 1. The van der Waals surface area contributed by atoms with Gasteiger partial charge >= 0.3 is 0 Å². The average Bonchev–Trinajstić information content (AvgIpc) is 2.37. The lowest BCUT2D eigenvalue weighted by atomic mass is 10.1. The Kier molecular flexibility index (Phi) is 5.07. The van der Waals surface area contributed by atoms with E-state index in [2.05, 4.69) is 11.8 Å². The zero-order chi connectivity index (χ0) is 14.4. The Morgan fingerprint density at radius 3 is 2.68 bits per heavy atom. The minimum Gasteiger partial charge on any atom is -0.496 e. The third kappa shape index (κ3) is 4.11. The van der Waals surface area contributed by atoms with Crippen molar-refractivity contribution >= 4 is 11.5 Å². The topological polar surface area (TPSA) is 69.4 Å². The van der Waals surface area contributed by atoms with Gasteiger partial charge in [0.1, 0.15) is 5.75 Å². The predicted octanol–water partition coefficient (Wildman–Crippen LogP) is 2.84. The average molecular weight is 261 g/mol. The van der Waals surface area contributed by atoms with Crippen molar-refractivity contribution < 1.29 is 14.5 Å². The molecule has 0 aromatic heterocycles. The Hall–Kier alpha value is -2.35. The van der Waals surface area contributed by atoms with Gasteiger partial charge in [0.25, 0.3) is 5.69 Å². The highest BCUT2D eigenvalue weighted by atomic mass is 16.6. The Bertz CT molecular complexity index is 552. The summed E-state index contributed by atoms with van der Waals surface area (Å²) in [6.07, 6.45) is 0.626. The van der Waals surface area contributed by atoms with E-state index in [4.69, 9.17) is 4.74 Å². The van der Waals surface area contributed by atoms with Crippen LogP contribution in [0.1, 0.15) is 30.6 Å². The van der Waals surface area contributed by atoms with E-state index in [1.807, 2.05) is 13.8 Å². The first-order chi connectivity index (χ1) is 8.95. The third-order valence-corrected chi connectivity index (χ3v) is 2.35. The summed E-state index contributed by atoms with van der Waals surface area (Å²) in [6.45, 7) is 4.01. The maximum absolute atomic E-state index is 11.9. The minimum absolute atomic E-state index is 0.122. The fraction of sp³-hybridized carbons (Fsp3) is 0.357. The van der Waals surface area contributed by atoms with Gasteiger partial charge < -0.3 is 4.74 Å². The summed E-state index contributed by atoms with van der Waals surface area (Å²) in [7, 11) is 1.36. The number of non-ortho nitro benzene ring substituents is 1. The zero-order valence-electron chi connectivity index (χ0n) is 11.1. The van der Waals surface area contributed by atoms with Crippen molar-refractivity contribution in [2.24, 2.45) is 5.92 Å². The van der Waals surface area contributed by atoms with Gasteiger partial charge in [0.2, 0.25) is 5.78 Å². The number of benzene rings is 1. The number of nitro groups is 1. The molecule has 100 valence electrons. The summed E-state index contributed by atoms with van der Waals surface area (Å²) in [4.78, 5) is 22.0. The molecule has 19 heavy (non-hydrogen) atoms. The zero-order valence-corrected chi connectivity index (χ0v) is 11.1. The van der Waals surface area contributed by atoms with Gasteiger partial charge in [-0.2, -0.15) is 0 Å². The Morgan fingerprint density at radius 2 is 2.16 bits per heavy atom. The second-order valence-corrected chi connectivity index (χ2v) is 4.37. The second-order valence-electron chi connectivity index (χ2n) is 4.37. The van der Waals surface area contributed by atoms with E-state index in [0.29, 0.717) is 12.3 Å². The Labute approximate surface area is 111 Å². The van der Waals surface area contributed by atoms with Crippen LogP contribution in [0.5, 0.6) is 5.75 Å². The Morgan fingerprint density at radius 1 is 1.47 bits per heavy atom. The highest BCUT2D eigenvalue weighted by molar-refractivity contribution is 6.10. The first-order valence-electron chi connectivity index (χ1n) is 5.81. The van der Waals surface area contributed by atoms with Crippen LogP contribution in [0.2, 0.25) is 0 Å². The van der Waals surface area contributed by atoms with Crippen LogP contribution in [-0.2, 0) is 0 Å². The quantitative estimate of drug-likeness (QED) is 0.275. The molecule has 0 heterocycles. The molecule has 0 atom stereocenters. The van der Waals surface area contributed by atoms with Crippen LogP contribution in [0.4, 0.5) is 5.69 Å². The second kappa shape index (κ2) is 6.55. The Balaban J connectivity index is 3.02. The molecule has 0 aliphatic rings. The summed E-state index contributed by atoms with van der Waals surface area (Å²) in [5.41, 5.74) is 0.118. The molecular weight excluding hydrogens is 246 g/mol. The summed E-state index contributed by atoms with van der Waals surface area (Å²) in [5, 5.41) is 10.6. The van der Waals surface area contributed by atoms with Crippen LogP contribution in [0.3, 0.4) is 0 Å². The monoisotopic (exact) mass is 261 g/mol. The lowest BCUT2D eigenvalue weighted by Crippen LogP contribution is -2.01. The molecule has 0 amide bonds. The van der Waals surface area contributed by atoms with E-state index in [9.17, 15) is 14.9 Å². The van der Waals surface area contributed by atoms with Gasteiger partial charge in [0.05, 0.1) is 23.7 Å². The standard InChI is InChI=1S/C14H15NO4/c1-10(2)5-4-6-13(16)12-8-7-11(15(17)18)9-14(12)19-3/h7-10H,5H2,1-3H3. The van der Waals surface area contributed by atoms with Gasteiger partial charge in [-0.1, -0.05) is 19.8 Å². The van der Waals surface area contributed by atoms with Gasteiger partial charge in [0.15, 0.2) is 0 Å². The van der Waals surface area contributed by atoms with Crippen molar-refractivity contribution in [3.8, 4) is 17.6 Å². The predicted molar refractivity (Wildman–Crippen MR) is 71.2 cm³/mol. The molecule has 0 saturated heterocycles. The molecule has 0 unspecified atom stereocenters.